The molecular weight excluding hydrogens is 482 g/mol. The maximum absolute atomic E-state index is 13.8. The maximum atomic E-state index is 13.8. The zero-order valence-corrected chi connectivity index (χ0v) is 17.8. The average Bonchev–Trinajstić information content (AvgIpc) is 2.85. The number of benzene rings is 3. The van der Waals surface area contributed by atoms with Crippen LogP contribution in [0.25, 0.3) is 43.3 Å². The van der Waals surface area contributed by atoms with Crippen LogP contribution < -0.4 is 10.4 Å². The third-order valence-corrected chi connectivity index (χ3v) is 5.15. The van der Waals surface area contributed by atoms with Crippen LogP contribution in [0.3, 0.4) is 0 Å². The van der Waals surface area contributed by atoms with Crippen LogP contribution in [-0.2, 0) is 12.4 Å². The van der Waals surface area contributed by atoms with Crippen LogP contribution in [0.2, 0.25) is 0 Å². The van der Waals surface area contributed by atoms with Crippen molar-refractivity contribution in [1.82, 2.24) is 0 Å². The molecule has 0 amide bonds. The Kier molecular flexibility index (Phi) is 6.86. The fraction of sp³-hybridized carbons (Fsp3) is 0.0769. The van der Waals surface area contributed by atoms with Gasteiger partial charge in [-0.05, 0) is 44.8 Å². The predicted octanol–water partition coefficient (Wildman–Crippen LogP) is 6.16. The molecule has 3 rings (SSSR count). The molecule has 0 heterocycles. The van der Waals surface area contributed by atoms with Crippen LogP contribution in [-0.4, -0.2) is 0 Å². The van der Waals surface area contributed by atoms with E-state index >= 15 is 0 Å². The minimum Gasteiger partial charge on any atom is -0.226 e. The summed E-state index contributed by atoms with van der Waals surface area (Å²) in [5.41, 5.74) is -5.26. The van der Waals surface area contributed by atoms with Crippen molar-refractivity contribution in [1.29, 1.82) is 10.5 Å². The topological polar surface area (TPSA) is 56.3 Å². The van der Waals surface area contributed by atoms with Gasteiger partial charge in [0.15, 0.2) is 0 Å². The van der Waals surface area contributed by atoms with E-state index in [4.69, 9.17) is 13.1 Å². The first kappa shape index (κ1) is 25.6. The van der Waals surface area contributed by atoms with Crippen LogP contribution in [0.15, 0.2) is 60.7 Å². The number of hydrogen-bond donors (Lipinski definition) is 0. The van der Waals surface area contributed by atoms with E-state index < -0.39 is 46.0 Å². The van der Waals surface area contributed by atoms with Gasteiger partial charge in [0.05, 0.1) is 36.4 Å². The molecule has 0 unspecified atom stereocenters. The summed E-state index contributed by atoms with van der Waals surface area (Å²) in [6, 6.07) is 13.5. The van der Waals surface area contributed by atoms with Crippen LogP contribution >= 0.6 is 0 Å². The molecule has 36 heavy (non-hydrogen) atoms. The highest BCUT2D eigenvalue weighted by Gasteiger charge is 2.35. The van der Waals surface area contributed by atoms with E-state index in [0.29, 0.717) is 0 Å². The lowest BCUT2D eigenvalue weighted by Crippen LogP contribution is -2.21. The minimum atomic E-state index is -4.86. The quantitative estimate of drug-likeness (QED) is 0.318. The van der Waals surface area contributed by atoms with Gasteiger partial charge in [-0.2, -0.15) is 26.3 Å². The van der Waals surface area contributed by atoms with Crippen LogP contribution in [0.1, 0.15) is 11.1 Å². The van der Waals surface area contributed by atoms with E-state index in [1.54, 1.807) is 12.1 Å². The van der Waals surface area contributed by atoms with Crippen molar-refractivity contribution in [2.24, 2.45) is 0 Å². The number of rotatable bonds is 2. The Morgan fingerprint density at radius 3 is 1.22 bits per heavy atom. The number of hydrogen-bond acceptors (Lipinski definition) is 2. The van der Waals surface area contributed by atoms with Crippen LogP contribution in [0, 0.1) is 35.8 Å². The van der Waals surface area contributed by atoms with Crippen LogP contribution in [0.4, 0.5) is 26.3 Å². The summed E-state index contributed by atoms with van der Waals surface area (Å²) in [6.07, 6.45) is -9.72. The highest BCUT2D eigenvalue weighted by molar-refractivity contribution is 5.83. The third-order valence-electron chi connectivity index (χ3n) is 5.15. The molecule has 0 bridgehead atoms. The normalized spacial score (nSPS) is 12.9. The van der Waals surface area contributed by atoms with Crippen molar-refractivity contribution in [3.8, 4) is 34.4 Å². The summed E-state index contributed by atoms with van der Waals surface area (Å²) in [7, 11) is 0. The average molecular weight is 492 g/mol. The SMILES string of the molecule is [C-]#[N+]/C(C#N)=c1/cc(-c2ccccc2C(F)(F)F)/c(=C(\C#N)[N+]#[C-])cc1-c1ccccc1C(F)(F)F. The van der Waals surface area contributed by atoms with Gasteiger partial charge in [-0.25, -0.2) is 20.2 Å². The maximum Gasteiger partial charge on any atom is 0.417 e. The van der Waals surface area contributed by atoms with Gasteiger partial charge >= 0.3 is 12.4 Å². The van der Waals surface area contributed by atoms with Gasteiger partial charge in [0.1, 0.15) is 0 Å². The van der Waals surface area contributed by atoms with Crippen molar-refractivity contribution in [3.63, 3.8) is 0 Å². The molecule has 0 fully saturated rings. The Bertz CT molecular complexity index is 1500. The summed E-state index contributed by atoms with van der Waals surface area (Å²) in [6.45, 7) is 14.6. The minimum absolute atomic E-state index is 0.338. The molecule has 0 aliphatic rings. The van der Waals surface area contributed by atoms with E-state index in [2.05, 4.69) is 9.69 Å². The zero-order valence-electron chi connectivity index (χ0n) is 17.8. The highest BCUT2D eigenvalue weighted by Crippen LogP contribution is 2.38. The van der Waals surface area contributed by atoms with Gasteiger partial charge in [0.2, 0.25) is 0 Å². The number of halogens is 6. The molecule has 10 heteroatoms. The third kappa shape index (κ3) is 4.75. The monoisotopic (exact) mass is 492 g/mol. The van der Waals surface area contributed by atoms with Crippen molar-refractivity contribution in [2.75, 3.05) is 0 Å². The van der Waals surface area contributed by atoms with Crippen molar-refractivity contribution >= 4 is 11.4 Å². The first-order valence-corrected chi connectivity index (χ1v) is 9.78. The van der Waals surface area contributed by atoms with Crippen molar-refractivity contribution in [2.45, 2.75) is 12.4 Å². The first-order chi connectivity index (χ1) is 17.0. The molecule has 3 aromatic carbocycles. The summed E-state index contributed by atoms with van der Waals surface area (Å²) in [5.74, 6) is 0. The van der Waals surface area contributed by atoms with Gasteiger partial charge in [-0.1, -0.05) is 48.5 Å². The molecule has 176 valence electrons. The van der Waals surface area contributed by atoms with Gasteiger partial charge in [0.25, 0.3) is 11.4 Å². The van der Waals surface area contributed by atoms with E-state index in [0.717, 1.165) is 48.5 Å². The highest BCUT2D eigenvalue weighted by atomic mass is 19.4. The fourth-order valence-electron chi connectivity index (χ4n) is 3.66. The fourth-order valence-corrected chi connectivity index (χ4v) is 3.66. The van der Waals surface area contributed by atoms with Crippen LogP contribution in [0.5, 0.6) is 0 Å². The first-order valence-electron chi connectivity index (χ1n) is 9.78. The second-order valence-electron chi connectivity index (χ2n) is 7.17. The Morgan fingerprint density at radius 1 is 0.611 bits per heavy atom. The Morgan fingerprint density at radius 2 is 0.944 bits per heavy atom. The molecule has 0 N–H and O–H groups in total. The molecule has 4 nitrogen and oxygen atoms in total. The summed E-state index contributed by atoms with van der Waals surface area (Å²) in [4.78, 5) is 6.09. The van der Waals surface area contributed by atoms with Gasteiger partial charge in [-0.15, -0.1) is 0 Å². The Hall–Kier alpha value is -5.06. The van der Waals surface area contributed by atoms with Gasteiger partial charge < -0.3 is 0 Å². The molecule has 0 aliphatic heterocycles. The molecule has 0 aliphatic carbocycles. The summed E-state index contributed by atoms with van der Waals surface area (Å²) in [5, 5.41) is 18.2. The Balaban J connectivity index is 2.70. The largest absolute Gasteiger partial charge is 0.417 e. The molecule has 0 atom stereocenters. The second-order valence-corrected chi connectivity index (χ2v) is 7.17. The van der Waals surface area contributed by atoms with Gasteiger partial charge in [-0.3, -0.25) is 0 Å². The molecule has 0 radical (unpaired) electrons. The smallest absolute Gasteiger partial charge is 0.226 e. The van der Waals surface area contributed by atoms with E-state index in [9.17, 15) is 36.9 Å². The second kappa shape index (κ2) is 9.66. The number of alkyl halides is 6. The van der Waals surface area contributed by atoms with Crippen molar-refractivity contribution in [3.05, 3.63) is 105 Å². The van der Waals surface area contributed by atoms with Crippen molar-refractivity contribution < 1.29 is 26.3 Å². The molecule has 0 saturated heterocycles. The standard InChI is InChI=1S/C26H10F6N4/c1-35-23(13-33)19-11-18(16-8-4-6-10-22(16)26(30,31)32)20(24(14-34)36-2)12-17(19)15-7-3-5-9-21(15)25(27,28)29/h3-12H/b23-19-,24-20+. The lowest BCUT2D eigenvalue weighted by Gasteiger charge is -2.17. The molecule has 0 aromatic heterocycles. The number of nitriles is 2. The Labute approximate surface area is 200 Å². The molecular formula is C26H10F6N4. The predicted molar refractivity (Wildman–Crippen MR) is 118 cm³/mol. The van der Waals surface area contributed by atoms with E-state index in [-0.39, 0.29) is 21.6 Å². The molecule has 0 spiro atoms. The van der Waals surface area contributed by atoms with E-state index in [1.165, 1.54) is 12.1 Å². The summed E-state index contributed by atoms with van der Waals surface area (Å²) >= 11 is 0. The van der Waals surface area contributed by atoms with E-state index in [1.807, 2.05) is 0 Å². The lowest BCUT2D eigenvalue weighted by molar-refractivity contribution is -0.137. The van der Waals surface area contributed by atoms with Gasteiger partial charge in [0, 0.05) is 0 Å². The summed E-state index contributed by atoms with van der Waals surface area (Å²) < 4.78 is 82.7. The molecule has 3 aromatic rings. The molecule has 0 saturated carbocycles. The zero-order chi connectivity index (χ0) is 26.7. The number of nitrogens with zero attached hydrogens (tertiary/aromatic N) is 4. The lowest BCUT2D eigenvalue weighted by atomic mass is 9.90.